The summed E-state index contributed by atoms with van der Waals surface area (Å²) in [5.74, 6) is -1.62. The summed E-state index contributed by atoms with van der Waals surface area (Å²) in [5.41, 5.74) is 0.237. The van der Waals surface area contributed by atoms with Crippen molar-refractivity contribution in [3.05, 3.63) is 41.4 Å². The largest absolute Gasteiger partial charge is 0.415 e. The van der Waals surface area contributed by atoms with Crippen molar-refractivity contribution < 1.29 is 27.0 Å². The van der Waals surface area contributed by atoms with Crippen LogP contribution in [-0.2, 0) is 4.74 Å². The van der Waals surface area contributed by atoms with E-state index in [1.54, 1.807) is 0 Å². The minimum absolute atomic E-state index is 0.00688. The second-order valence-electron chi connectivity index (χ2n) is 6.61. The van der Waals surface area contributed by atoms with Crippen LogP contribution >= 0.6 is 0 Å². The van der Waals surface area contributed by atoms with E-state index in [0.29, 0.717) is 31.9 Å². The average molecular weight is 408 g/mol. The second kappa shape index (κ2) is 7.86. The molecule has 1 fully saturated rings. The number of hydrogen-bond donors (Lipinski definition) is 0. The Morgan fingerprint density at radius 2 is 1.83 bits per heavy atom. The summed E-state index contributed by atoms with van der Waals surface area (Å²) in [6, 6.07) is 3.02. The molecule has 0 saturated carbocycles. The SMILES string of the molecule is Cc1nc2nc(C3CCOCC3)nc(-c3ccc(F)cc3F)c2nc1OC(F)F. The quantitative estimate of drug-likeness (QED) is 0.604. The fraction of sp³-hybridized carbons (Fsp3) is 0.368. The predicted molar refractivity (Wildman–Crippen MR) is 94.6 cm³/mol. The van der Waals surface area contributed by atoms with Gasteiger partial charge in [0.15, 0.2) is 5.65 Å². The van der Waals surface area contributed by atoms with Crippen molar-refractivity contribution in [2.45, 2.75) is 32.3 Å². The zero-order chi connectivity index (χ0) is 20.5. The van der Waals surface area contributed by atoms with Crippen LogP contribution in [0.1, 0.15) is 30.3 Å². The van der Waals surface area contributed by atoms with Crippen molar-refractivity contribution in [1.29, 1.82) is 0 Å². The Morgan fingerprint density at radius 3 is 2.52 bits per heavy atom. The molecule has 1 aliphatic rings. The van der Waals surface area contributed by atoms with E-state index in [-0.39, 0.29) is 34.0 Å². The Balaban J connectivity index is 1.95. The molecule has 0 bridgehead atoms. The van der Waals surface area contributed by atoms with Gasteiger partial charge in [0.1, 0.15) is 34.4 Å². The molecule has 152 valence electrons. The molecule has 0 amide bonds. The lowest BCUT2D eigenvalue weighted by atomic mass is 9.99. The van der Waals surface area contributed by atoms with Crippen LogP contribution in [0.5, 0.6) is 5.88 Å². The van der Waals surface area contributed by atoms with Gasteiger partial charge in [-0.05, 0) is 31.9 Å². The van der Waals surface area contributed by atoms with Crippen molar-refractivity contribution in [1.82, 2.24) is 19.9 Å². The fourth-order valence-corrected chi connectivity index (χ4v) is 3.23. The van der Waals surface area contributed by atoms with Gasteiger partial charge in [0.2, 0.25) is 5.88 Å². The highest BCUT2D eigenvalue weighted by atomic mass is 19.3. The van der Waals surface area contributed by atoms with Crippen LogP contribution < -0.4 is 4.74 Å². The smallest absolute Gasteiger partial charge is 0.388 e. The summed E-state index contributed by atoms with van der Waals surface area (Å²) in [6.07, 6.45) is 1.35. The summed E-state index contributed by atoms with van der Waals surface area (Å²) in [6.45, 7) is -0.566. The molecule has 3 aromatic rings. The van der Waals surface area contributed by atoms with Gasteiger partial charge in [0, 0.05) is 30.8 Å². The molecular weight excluding hydrogens is 392 g/mol. The van der Waals surface area contributed by atoms with Crippen molar-refractivity contribution in [2.24, 2.45) is 0 Å². The number of alkyl halides is 2. The van der Waals surface area contributed by atoms with Crippen LogP contribution in [0.3, 0.4) is 0 Å². The van der Waals surface area contributed by atoms with E-state index < -0.39 is 24.1 Å². The third-order valence-corrected chi connectivity index (χ3v) is 4.65. The summed E-state index contributed by atoms with van der Waals surface area (Å²) in [7, 11) is 0. The molecule has 4 rings (SSSR count). The fourth-order valence-electron chi connectivity index (χ4n) is 3.23. The summed E-state index contributed by atoms with van der Waals surface area (Å²) in [4.78, 5) is 17.2. The molecule has 1 aromatic carbocycles. The minimum Gasteiger partial charge on any atom is -0.415 e. The third kappa shape index (κ3) is 3.98. The number of aromatic nitrogens is 4. The highest BCUT2D eigenvalue weighted by Gasteiger charge is 2.24. The maximum Gasteiger partial charge on any atom is 0.388 e. The first-order valence-corrected chi connectivity index (χ1v) is 8.96. The molecule has 0 radical (unpaired) electrons. The van der Waals surface area contributed by atoms with Crippen molar-refractivity contribution in [3.63, 3.8) is 0 Å². The van der Waals surface area contributed by atoms with E-state index in [1.165, 1.54) is 13.0 Å². The van der Waals surface area contributed by atoms with Crippen molar-refractivity contribution in [3.8, 4) is 17.1 Å². The number of ether oxygens (including phenoxy) is 2. The minimum atomic E-state index is -3.10. The lowest BCUT2D eigenvalue weighted by Crippen LogP contribution is -2.17. The van der Waals surface area contributed by atoms with Gasteiger partial charge in [-0.1, -0.05) is 0 Å². The summed E-state index contributed by atoms with van der Waals surface area (Å²) in [5, 5.41) is 0. The standard InChI is InChI=1S/C19H16F4N4O2/c1-9-18(29-19(22)23)26-15-14(12-3-2-11(20)8-13(12)21)25-16(27-17(15)24-9)10-4-6-28-7-5-10/h2-3,8,10,19H,4-7H2,1H3. The molecule has 29 heavy (non-hydrogen) atoms. The van der Waals surface area contributed by atoms with Gasteiger partial charge in [-0.2, -0.15) is 8.78 Å². The molecule has 0 spiro atoms. The highest BCUT2D eigenvalue weighted by Crippen LogP contribution is 2.32. The summed E-state index contributed by atoms with van der Waals surface area (Å²) < 4.78 is 63.1. The van der Waals surface area contributed by atoms with Crippen LogP contribution in [0, 0.1) is 18.6 Å². The van der Waals surface area contributed by atoms with E-state index in [1.807, 2.05) is 0 Å². The molecule has 0 atom stereocenters. The first kappa shape index (κ1) is 19.4. The molecule has 1 saturated heterocycles. The van der Waals surface area contributed by atoms with Crippen LogP contribution in [0.15, 0.2) is 18.2 Å². The van der Waals surface area contributed by atoms with Gasteiger partial charge in [-0.15, -0.1) is 0 Å². The Hall–Kier alpha value is -2.88. The Morgan fingerprint density at radius 1 is 1.07 bits per heavy atom. The molecule has 3 heterocycles. The molecule has 0 aliphatic carbocycles. The number of benzene rings is 1. The van der Waals surface area contributed by atoms with Crippen LogP contribution in [0.2, 0.25) is 0 Å². The van der Waals surface area contributed by atoms with Gasteiger partial charge < -0.3 is 9.47 Å². The Kier molecular flexibility index (Phi) is 5.27. The molecule has 0 N–H and O–H groups in total. The molecule has 1 aliphatic heterocycles. The third-order valence-electron chi connectivity index (χ3n) is 4.65. The van der Waals surface area contributed by atoms with Gasteiger partial charge in [0.05, 0.1) is 0 Å². The first-order valence-electron chi connectivity index (χ1n) is 8.96. The molecular formula is C19H16F4N4O2. The van der Waals surface area contributed by atoms with E-state index >= 15 is 0 Å². The lowest BCUT2D eigenvalue weighted by molar-refractivity contribution is -0.0534. The molecule has 10 heteroatoms. The highest BCUT2D eigenvalue weighted by molar-refractivity contribution is 5.87. The lowest BCUT2D eigenvalue weighted by Gasteiger charge is -2.21. The Labute approximate surface area is 162 Å². The molecule has 0 unspecified atom stereocenters. The Bertz CT molecular complexity index is 1060. The number of fused-ring (bicyclic) bond motifs is 1. The number of halogens is 4. The first-order chi connectivity index (χ1) is 13.9. The predicted octanol–water partition coefficient (Wildman–Crippen LogP) is 4.17. The maximum atomic E-state index is 14.5. The van der Waals surface area contributed by atoms with Crippen molar-refractivity contribution in [2.75, 3.05) is 13.2 Å². The van der Waals surface area contributed by atoms with E-state index in [9.17, 15) is 17.6 Å². The number of aryl methyl sites for hydroxylation is 1. The van der Waals surface area contributed by atoms with Gasteiger partial charge in [0.25, 0.3) is 0 Å². The number of hydrogen-bond acceptors (Lipinski definition) is 6. The average Bonchev–Trinajstić information content (AvgIpc) is 2.68. The zero-order valence-corrected chi connectivity index (χ0v) is 15.3. The normalized spacial score (nSPS) is 15.2. The van der Waals surface area contributed by atoms with Crippen molar-refractivity contribution >= 4 is 11.2 Å². The molecule has 2 aromatic heterocycles. The van der Waals surface area contributed by atoms with Gasteiger partial charge in [-0.25, -0.2) is 28.7 Å². The van der Waals surface area contributed by atoms with Gasteiger partial charge in [-0.3, -0.25) is 0 Å². The van der Waals surface area contributed by atoms with E-state index in [4.69, 9.17) is 4.74 Å². The topological polar surface area (TPSA) is 70.0 Å². The molecule has 6 nitrogen and oxygen atoms in total. The van der Waals surface area contributed by atoms with E-state index in [0.717, 1.165) is 12.1 Å². The zero-order valence-electron chi connectivity index (χ0n) is 15.3. The van der Waals surface area contributed by atoms with Crippen LogP contribution in [0.4, 0.5) is 17.6 Å². The monoisotopic (exact) mass is 408 g/mol. The van der Waals surface area contributed by atoms with Crippen LogP contribution in [0.25, 0.3) is 22.4 Å². The second-order valence-corrected chi connectivity index (χ2v) is 6.61. The number of rotatable bonds is 4. The maximum absolute atomic E-state index is 14.5. The summed E-state index contributed by atoms with van der Waals surface area (Å²) >= 11 is 0. The van der Waals surface area contributed by atoms with E-state index in [2.05, 4.69) is 24.7 Å². The van der Waals surface area contributed by atoms with Gasteiger partial charge >= 0.3 is 6.61 Å². The van der Waals surface area contributed by atoms with Crippen LogP contribution in [-0.4, -0.2) is 39.8 Å². The number of nitrogens with zero attached hydrogens (tertiary/aromatic N) is 4.